The number of rotatable bonds is 4. The maximum absolute atomic E-state index is 11.3. The minimum atomic E-state index is -0.860. The van der Waals surface area contributed by atoms with Crippen LogP contribution < -0.4 is 16.8 Å². The minimum absolute atomic E-state index is 0.167. The van der Waals surface area contributed by atoms with Crippen LogP contribution in [0, 0.1) is 0 Å². The zero-order valence-corrected chi connectivity index (χ0v) is 10.0. The van der Waals surface area contributed by atoms with Crippen molar-refractivity contribution in [1.29, 1.82) is 0 Å². The molecule has 0 atom stereocenters. The van der Waals surface area contributed by atoms with Crippen LogP contribution in [0.15, 0.2) is 0 Å². The highest BCUT2D eigenvalue weighted by Gasteiger charge is 2.31. The number of carbonyl (C=O) groups excluding carboxylic acids is 2. The molecule has 1 aliphatic carbocycles. The van der Waals surface area contributed by atoms with Crippen LogP contribution in [-0.4, -0.2) is 30.7 Å². The van der Waals surface area contributed by atoms with Gasteiger partial charge in [0.1, 0.15) is 6.61 Å². The van der Waals surface area contributed by atoms with Crippen molar-refractivity contribution >= 4 is 11.9 Å². The molecule has 0 aromatic carbocycles. The molecule has 98 valence electrons. The number of ether oxygens (including phenoxy) is 1. The van der Waals surface area contributed by atoms with Crippen LogP contribution >= 0.6 is 0 Å². The summed E-state index contributed by atoms with van der Waals surface area (Å²) in [5.41, 5.74) is 10.2. The Balaban J connectivity index is 2.44. The molecule has 0 radical (unpaired) electrons. The van der Waals surface area contributed by atoms with Crippen molar-refractivity contribution in [3.05, 3.63) is 0 Å². The van der Waals surface area contributed by atoms with E-state index in [1.54, 1.807) is 0 Å². The molecule has 0 aromatic heterocycles. The summed E-state index contributed by atoms with van der Waals surface area (Å²) < 4.78 is 5.62. The Bertz CT molecular complexity index is 273. The van der Waals surface area contributed by atoms with Gasteiger partial charge in [-0.15, -0.1) is 0 Å². The van der Waals surface area contributed by atoms with E-state index < -0.39 is 17.5 Å². The molecule has 3 amide bonds. The first-order valence-corrected chi connectivity index (χ1v) is 6.01. The van der Waals surface area contributed by atoms with Crippen molar-refractivity contribution in [1.82, 2.24) is 5.32 Å². The van der Waals surface area contributed by atoms with Crippen LogP contribution in [0.25, 0.3) is 0 Å². The highest BCUT2D eigenvalue weighted by molar-refractivity contribution is 5.94. The third-order valence-corrected chi connectivity index (χ3v) is 3.16. The molecule has 1 fully saturated rings. The van der Waals surface area contributed by atoms with Gasteiger partial charge in [0.05, 0.1) is 5.60 Å². The van der Waals surface area contributed by atoms with Crippen LogP contribution in [0.5, 0.6) is 0 Å². The van der Waals surface area contributed by atoms with Gasteiger partial charge in [0.2, 0.25) is 0 Å². The predicted octanol–water partition coefficient (Wildman–Crippen LogP) is 0.250. The SMILES string of the molecule is NCC1(OCC(=O)NC(N)=O)CCCCCC1. The standard InChI is InChI=1S/C11H21N3O3/c12-8-11(5-3-1-2-4-6-11)17-7-9(15)14-10(13)16/h1-8,12H2,(H3,13,14,15,16). The summed E-state index contributed by atoms with van der Waals surface area (Å²) in [5.74, 6) is -0.519. The van der Waals surface area contributed by atoms with E-state index in [-0.39, 0.29) is 6.61 Å². The quantitative estimate of drug-likeness (QED) is 0.615. The van der Waals surface area contributed by atoms with Gasteiger partial charge in [0.15, 0.2) is 0 Å². The van der Waals surface area contributed by atoms with E-state index in [9.17, 15) is 9.59 Å². The lowest BCUT2D eigenvalue weighted by atomic mass is 9.94. The molecule has 0 bridgehead atoms. The smallest absolute Gasteiger partial charge is 0.318 e. The van der Waals surface area contributed by atoms with E-state index in [0.717, 1.165) is 25.7 Å². The molecule has 1 aliphatic rings. The summed E-state index contributed by atoms with van der Waals surface area (Å²) in [4.78, 5) is 21.7. The van der Waals surface area contributed by atoms with Gasteiger partial charge in [0, 0.05) is 6.54 Å². The number of hydrogen-bond donors (Lipinski definition) is 3. The first-order valence-electron chi connectivity index (χ1n) is 6.01. The van der Waals surface area contributed by atoms with Crippen molar-refractivity contribution < 1.29 is 14.3 Å². The van der Waals surface area contributed by atoms with Crippen LogP contribution in [-0.2, 0) is 9.53 Å². The molecular formula is C11H21N3O3. The fourth-order valence-electron chi connectivity index (χ4n) is 2.17. The molecule has 5 N–H and O–H groups in total. The Morgan fingerprint density at radius 3 is 2.24 bits per heavy atom. The second kappa shape index (κ2) is 6.56. The Morgan fingerprint density at radius 1 is 1.18 bits per heavy atom. The van der Waals surface area contributed by atoms with Crippen molar-refractivity contribution in [2.45, 2.75) is 44.1 Å². The number of hydrogen-bond acceptors (Lipinski definition) is 4. The van der Waals surface area contributed by atoms with E-state index in [1.807, 2.05) is 5.32 Å². The molecular weight excluding hydrogens is 222 g/mol. The highest BCUT2D eigenvalue weighted by atomic mass is 16.5. The topological polar surface area (TPSA) is 107 Å². The van der Waals surface area contributed by atoms with E-state index in [4.69, 9.17) is 16.2 Å². The lowest BCUT2D eigenvalue weighted by Gasteiger charge is -2.31. The van der Waals surface area contributed by atoms with E-state index in [0.29, 0.717) is 6.54 Å². The van der Waals surface area contributed by atoms with Gasteiger partial charge >= 0.3 is 6.03 Å². The Hall–Kier alpha value is -1.14. The number of amides is 3. The van der Waals surface area contributed by atoms with Crippen LogP contribution in [0.1, 0.15) is 38.5 Å². The Kier molecular flexibility index (Phi) is 5.37. The molecule has 1 rings (SSSR count). The number of nitrogens with one attached hydrogen (secondary N) is 1. The molecule has 0 spiro atoms. The van der Waals surface area contributed by atoms with Gasteiger partial charge in [0.25, 0.3) is 5.91 Å². The van der Waals surface area contributed by atoms with E-state index >= 15 is 0 Å². The van der Waals surface area contributed by atoms with Crippen molar-refractivity contribution in [3.8, 4) is 0 Å². The summed E-state index contributed by atoms with van der Waals surface area (Å²) in [7, 11) is 0. The molecule has 0 aromatic rings. The fourth-order valence-corrected chi connectivity index (χ4v) is 2.17. The molecule has 0 aliphatic heterocycles. The van der Waals surface area contributed by atoms with E-state index in [1.165, 1.54) is 12.8 Å². The first kappa shape index (κ1) is 13.9. The third-order valence-electron chi connectivity index (χ3n) is 3.16. The number of primary amides is 1. The fraction of sp³-hybridized carbons (Fsp3) is 0.818. The number of urea groups is 1. The number of imide groups is 1. The molecule has 0 saturated heterocycles. The Morgan fingerprint density at radius 2 is 1.76 bits per heavy atom. The third kappa shape index (κ3) is 4.70. The molecule has 1 saturated carbocycles. The summed E-state index contributed by atoms with van der Waals surface area (Å²) in [5, 5.41) is 1.97. The van der Waals surface area contributed by atoms with Gasteiger partial charge in [-0.05, 0) is 12.8 Å². The summed E-state index contributed by atoms with van der Waals surface area (Å²) in [6.07, 6.45) is 6.22. The van der Waals surface area contributed by atoms with Crippen LogP contribution in [0.3, 0.4) is 0 Å². The van der Waals surface area contributed by atoms with Gasteiger partial charge in [-0.3, -0.25) is 10.1 Å². The van der Waals surface area contributed by atoms with Gasteiger partial charge in [-0.25, -0.2) is 4.79 Å². The minimum Gasteiger partial charge on any atom is -0.364 e. The number of nitrogens with two attached hydrogens (primary N) is 2. The van der Waals surface area contributed by atoms with Crippen LogP contribution in [0.4, 0.5) is 4.79 Å². The zero-order valence-electron chi connectivity index (χ0n) is 10.0. The van der Waals surface area contributed by atoms with Crippen molar-refractivity contribution in [3.63, 3.8) is 0 Å². The number of carbonyl (C=O) groups is 2. The lowest BCUT2D eigenvalue weighted by Crippen LogP contribution is -2.44. The normalized spacial score (nSPS) is 19.4. The van der Waals surface area contributed by atoms with Gasteiger partial charge in [-0.1, -0.05) is 25.7 Å². The van der Waals surface area contributed by atoms with Crippen LogP contribution in [0.2, 0.25) is 0 Å². The molecule has 0 unspecified atom stereocenters. The Labute approximate surface area is 101 Å². The molecule has 6 heteroatoms. The van der Waals surface area contributed by atoms with Gasteiger partial charge < -0.3 is 16.2 Å². The summed E-state index contributed by atoms with van der Waals surface area (Å²) in [6, 6.07) is -0.860. The van der Waals surface area contributed by atoms with Gasteiger partial charge in [-0.2, -0.15) is 0 Å². The maximum Gasteiger partial charge on any atom is 0.318 e. The summed E-state index contributed by atoms with van der Waals surface area (Å²) in [6.45, 7) is 0.233. The molecule has 0 heterocycles. The average Bonchev–Trinajstić information content (AvgIpc) is 2.52. The lowest BCUT2D eigenvalue weighted by molar-refractivity contribution is -0.132. The first-order chi connectivity index (χ1) is 8.08. The second-order valence-electron chi connectivity index (χ2n) is 4.50. The predicted molar refractivity (Wildman–Crippen MR) is 63.2 cm³/mol. The van der Waals surface area contributed by atoms with E-state index in [2.05, 4.69) is 0 Å². The molecule has 6 nitrogen and oxygen atoms in total. The van der Waals surface area contributed by atoms with Crippen molar-refractivity contribution in [2.75, 3.05) is 13.2 Å². The van der Waals surface area contributed by atoms with Crippen molar-refractivity contribution in [2.24, 2.45) is 11.5 Å². The highest BCUT2D eigenvalue weighted by Crippen LogP contribution is 2.29. The zero-order chi connectivity index (χ0) is 12.7. The summed E-state index contributed by atoms with van der Waals surface area (Å²) >= 11 is 0. The largest absolute Gasteiger partial charge is 0.364 e. The second-order valence-corrected chi connectivity index (χ2v) is 4.50. The maximum atomic E-state index is 11.3. The monoisotopic (exact) mass is 243 g/mol. The average molecular weight is 243 g/mol. The molecule has 17 heavy (non-hydrogen) atoms.